The van der Waals surface area contributed by atoms with Gasteiger partial charge >= 0.3 is 0 Å². The molecule has 4 heteroatoms. The van der Waals surface area contributed by atoms with Gasteiger partial charge in [0.15, 0.2) is 0 Å². The van der Waals surface area contributed by atoms with Crippen molar-refractivity contribution < 1.29 is 9.59 Å². The molecule has 0 saturated heterocycles. The maximum atomic E-state index is 12.2. The normalized spacial score (nSPS) is 11.0. The zero-order chi connectivity index (χ0) is 17.6. The molecule has 0 spiro atoms. The van der Waals surface area contributed by atoms with Gasteiger partial charge in [-0.3, -0.25) is 9.59 Å². The molecule has 0 radical (unpaired) electrons. The van der Waals surface area contributed by atoms with Crippen molar-refractivity contribution in [3.63, 3.8) is 0 Å². The second-order valence-electron chi connectivity index (χ2n) is 6.81. The number of anilines is 1. The molecule has 0 fully saturated rings. The number of rotatable bonds is 7. The van der Waals surface area contributed by atoms with Crippen LogP contribution in [0.15, 0.2) is 18.2 Å². The molecule has 23 heavy (non-hydrogen) atoms. The number of carbonyl (C=O) groups is 2. The van der Waals surface area contributed by atoms with Crippen molar-refractivity contribution >= 4 is 17.5 Å². The van der Waals surface area contributed by atoms with Gasteiger partial charge in [0.25, 0.3) is 0 Å². The van der Waals surface area contributed by atoms with Crippen LogP contribution in [0.25, 0.3) is 0 Å². The fraction of sp³-hybridized carbons (Fsp3) is 0.579. The molecule has 0 unspecified atom stereocenters. The van der Waals surface area contributed by atoms with Gasteiger partial charge in [0.1, 0.15) is 6.54 Å². The highest BCUT2D eigenvalue weighted by Gasteiger charge is 2.21. The van der Waals surface area contributed by atoms with Crippen molar-refractivity contribution in [3.8, 4) is 0 Å². The van der Waals surface area contributed by atoms with Gasteiger partial charge in [-0.05, 0) is 36.3 Å². The largest absolute Gasteiger partial charge is 0.355 e. The summed E-state index contributed by atoms with van der Waals surface area (Å²) in [5.41, 5.74) is 2.98. The lowest BCUT2D eigenvalue weighted by Crippen LogP contribution is -2.41. The Labute approximate surface area is 140 Å². The molecule has 0 heterocycles. The number of carbonyl (C=O) groups excluding carboxylic acids is 2. The second kappa shape index (κ2) is 8.70. The number of hydrogen-bond acceptors (Lipinski definition) is 2. The number of benzene rings is 1. The van der Waals surface area contributed by atoms with Crippen molar-refractivity contribution in [2.45, 2.75) is 53.9 Å². The van der Waals surface area contributed by atoms with Crippen LogP contribution in [0.3, 0.4) is 0 Å². The summed E-state index contributed by atoms with van der Waals surface area (Å²) in [4.78, 5) is 25.9. The van der Waals surface area contributed by atoms with Crippen LogP contribution in [0.5, 0.6) is 0 Å². The van der Waals surface area contributed by atoms with Crippen LogP contribution in [0.4, 0.5) is 5.69 Å². The SMILES string of the molecule is CC(=O)N(CC(=O)NCCC(C)C)c1c(C)cccc1C(C)C. The van der Waals surface area contributed by atoms with Gasteiger partial charge in [-0.1, -0.05) is 45.9 Å². The molecule has 1 N–H and O–H groups in total. The molecule has 0 aliphatic carbocycles. The van der Waals surface area contributed by atoms with E-state index in [0.717, 1.165) is 23.2 Å². The van der Waals surface area contributed by atoms with E-state index in [4.69, 9.17) is 0 Å². The maximum absolute atomic E-state index is 12.2. The van der Waals surface area contributed by atoms with Crippen LogP contribution >= 0.6 is 0 Å². The molecule has 0 aliphatic rings. The molecule has 128 valence electrons. The first-order valence-corrected chi connectivity index (χ1v) is 8.38. The number of amides is 2. The van der Waals surface area contributed by atoms with Crippen LogP contribution in [0.2, 0.25) is 0 Å². The Morgan fingerprint density at radius 3 is 2.35 bits per heavy atom. The predicted octanol–water partition coefficient (Wildman–Crippen LogP) is 3.63. The summed E-state index contributed by atoms with van der Waals surface area (Å²) in [6.07, 6.45) is 0.938. The average molecular weight is 318 g/mol. The van der Waals surface area contributed by atoms with E-state index in [-0.39, 0.29) is 24.3 Å². The molecule has 4 nitrogen and oxygen atoms in total. The van der Waals surface area contributed by atoms with Gasteiger partial charge in [-0.15, -0.1) is 0 Å². The maximum Gasteiger partial charge on any atom is 0.240 e. The minimum atomic E-state index is -0.112. The van der Waals surface area contributed by atoms with E-state index < -0.39 is 0 Å². The third-order valence-electron chi connectivity index (χ3n) is 3.89. The van der Waals surface area contributed by atoms with Crippen molar-refractivity contribution in [2.75, 3.05) is 18.0 Å². The van der Waals surface area contributed by atoms with Gasteiger partial charge in [-0.25, -0.2) is 0 Å². The first-order chi connectivity index (χ1) is 10.7. The number of hydrogen-bond donors (Lipinski definition) is 1. The summed E-state index contributed by atoms with van der Waals surface area (Å²) in [7, 11) is 0. The quantitative estimate of drug-likeness (QED) is 0.834. The summed E-state index contributed by atoms with van der Waals surface area (Å²) in [5, 5.41) is 2.90. The summed E-state index contributed by atoms with van der Waals surface area (Å²) < 4.78 is 0. The monoisotopic (exact) mass is 318 g/mol. The number of aryl methyl sites for hydroxylation is 1. The minimum absolute atomic E-state index is 0.0675. The number of nitrogens with zero attached hydrogens (tertiary/aromatic N) is 1. The predicted molar refractivity (Wildman–Crippen MR) is 95.8 cm³/mol. The van der Waals surface area contributed by atoms with E-state index in [1.807, 2.05) is 25.1 Å². The Morgan fingerprint density at radius 1 is 1.17 bits per heavy atom. The first kappa shape index (κ1) is 19.2. The van der Waals surface area contributed by atoms with E-state index in [1.54, 1.807) is 4.90 Å². The van der Waals surface area contributed by atoms with Gasteiger partial charge in [-0.2, -0.15) is 0 Å². The zero-order valence-corrected chi connectivity index (χ0v) is 15.3. The van der Waals surface area contributed by atoms with Crippen LogP contribution in [0, 0.1) is 12.8 Å². The fourth-order valence-corrected chi connectivity index (χ4v) is 2.56. The highest BCUT2D eigenvalue weighted by molar-refractivity contribution is 5.98. The van der Waals surface area contributed by atoms with Gasteiger partial charge in [0.2, 0.25) is 11.8 Å². The van der Waals surface area contributed by atoms with Crippen molar-refractivity contribution in [2.24, 2.45) is 5.92 Å². The van der Waals surface area contributed by atoms with Crippen LogP contribution in [-0.4, -0.2) is 24.9 Å². The molecule has 0 aromatic heterocycles. The highest BCUT2D eigenvalue weighted by Crippen LogP contribution is 2.30. The summed E-state index contributed by atoms with van der Waals surface area (Å²) in [6, 6.07) is 6.00. The standard InChI is InChI=1S/C19H30N2O2/c1-13(2)10-11-20-18(23)12-21(16(6)22)19-15(5)8-7-9-17(19)14(3)4/h7-9,13-14H,10-12H2,1-6H3,(H,20,23). The Bertz CT molecular complexity index is 550. The third-order valence-corrected chi connectivity index (χ3v) is 3.89. The molecule has 0 saturated carbocycles. The zero-order valence-electron chi connectivity index (χ0n) is 15.3. The molecule has 0 aliphatic heterocycles. The molecule has 1 aromatic rings. The topological polar surface area (TPSA) is 49.4 Å². The van der Waals surface area contributed by atoms with Crippen LogP contribution < -0.4 is 10.2 Å². The molecule has 2 amide bonds. The molecule has 1 rings (SSSR count). The Morgan fingerprint density at radius 2 is 1.83 bits per heavy atom. The van der Waals surface area contributed by atoms with Gasteiger partial charge in [0.05, 0.1) is 5.69 Å². The first-order valence-electron chi connectivity index (χ1n) is 8.38. The third kappa shape index (κ3) is 5.70. The van der Waals surface area contributed by atoms with E-state index in [2.05, 4.69) is 33.0 Å². The molecule has 0 atom stereocenters. The van der Waals surface area contributed by atoms with Crippen molar-refractivity contribution in [1.29, 1.82) is 0 Å². The lowest BCUT2D eigenvalue weighted by Gasteiger charge is -2.27. The number of para-hydroxylation sites is 1. The Hall–Kier alpha value is -1.84. The Kier molecular flexibility index (Phi) is 7.27. The van der Waals surface area contributed by atoms with Crippen molar-refractivity contribution in [1.82, 2.24) is 5.32 Å². The smallest absolute Gasteiger partial charge is 0.240 e. The molecular formula is C19H30N2O2. The van der Waals surface area contributed by atoms with Crippen molar-refractivity contribution in [3.05, 3.63) is 29.3 Å². The molecule has 0 bridgehead atoms. The highest BCUT2D eigenvalue weighted by atomic mass is 16.2. The lowest BCUT2D eigenvalue weighted by molar-refractivity contribution is -0.123. The summed E-state index contributed by atoms with van der Waals surface area (Å²) in [6.45, 7) is 12.6. The lowest BCUT2D eigenvalue weighted by atomic mass is 9.97. The fourth-order valence-electron chi connectivity index (χ4n) is 2.56. The van der Waals surface area contributed by atoms with Crippen LogP contribution in [0.1, 0.15) is 58.1 Å². The van der Waals surface area contributed by atoms with E-state index in [1.165, 1.54) is 6.92 Å². The van der Waals surface area contributed by atoms with E-state index in [0.29, 0.717) is 12.5 Å². The Balaban J connectivity index is 2.96. The minimum Gasteiger partial charge on any atom is -0.355 e. The van der Waals surface area contributed by atoms with Crippen LogP contribution in [-0.2, 0) is 9.59 Å². The summed E-state index contributed by atoms with van der Waals surface area (Å²) in [5.74, 6) is 0.609. The van der Waals surface area contributed by atoms with Gasteiger partial charge < -0.3 is 10.2 Å². The number of nitrogens with one attached hydrogen (secondary N) is 1. The summed E-state index contributed by atoms with van der Waals surface area (Å²) >= 11 is 0. The average Bonchev–Trinajstić information content (AvgIpc) is 2.44. The van der Waals surface area contributed by atoms with E-state index in [9.17, 15) is 9.59 Å². The van der Waals surface area contributed by atoms with E-state index >= 15 is 0 Å². The van der Waals surface area contributed by atoms with Gasteiger partial charge in [0, 0.05) is 13.5 Å². The molecule has 1 aromatic carbocycles. The second-order valence-corrected chi connectivity index (χ2v) is 6.81. The molecular weight excluding hydrogens is 288 g/mol.